The van der Waals surface area contributed by atoms with Gasteiger partial charge in [0.1, 0.15) is 6.17 Å². The van der Waals surface area contributed by atoms with E-state index < -0.39 is 6.17 Å². The zero-order valence-corrected chi connectivity index (χ0v) is 16.6. The highest BCUT2D eigenvalue weighted by atomic mass is 19.1. The zero-order chi connectivity index (χ0) is 20.9. The number of hydrogen-bond donors (Lipinski definition) is 1. The summed E-state index contributed by atoms with van der Waals surface area (Å²) in [5, 5.41) is 10.7. The summed E-state index contributed by atoms with van der Waals surface area (Å²) in [5.41, 5.74) is 1.17. The fourth-order valence-corrected chi connectivity index (χ4v) is 3.78. The predicted molar refractivity (Wildman–Crippen MR) is 105 cm³/mol. The van der Waals surface area contributed by atoms with E-state index in [1.165, 1.54) is 10.9 Å². The molecule has 2 aliphatic rings. The van der Waals surface area contributed by atoms with E-state index in [9.17, 15) is 14.0 Å². The summed E-state index contributed by atoms with van der Waals surface area (Å²) in [5.74, 6) is -0.332. The van der Waals surface area contributed by atoms with Crippen LogP contribution in [0.3, 0.4) is 0 Å². The maximum Gasteiger partial charge on any atom is 0.320 e. The maximum atomic E-state index is 14.1. The number of morpholine rings is 1. The molecule has 4 rings (SSSR count). The molecule has 160 valence electrons. The fraction of sp³-hybridized carbons (Fsp3) is 0.500. The summed E-state index contributed by atoms with van der Waals surface area (Å²) >= 11 is 0. The SMILES string of the molecule is O=C(NCc1ccccc1)c1cn(C[C@@H]2C[C@H](F)CN2C(=O)N2CCOCC2)nn1. The van der Waals surface area contributed by atoms with Crippen LogP contribution in [0.1, 0.15) is 22.5 Å². The van der Waals surface area contributed by atoms with Crippen LogP contribution in [-0.2, 0) is 17.8 Å². The van der Waals surface area contributed by atoms with Gasteiger partial charge in [-0.25, -0.2) is 13.9 Å². The molecular formula is C20H25FN6O3. The predicted octanol–water partition coefficient (Wildman–Crippen LogP) is 1.07. The van der Waals surface area contributed by atoms with Gasteiger partial charge in [-0.05, 0) is 5.56 Å². The molecule has 2 atom stereocenters. The molecule has 0 aliphatic carbocycles. The van der Waals surface area contributed by atoms with Crippen molar-refractivity contribution >= 4 is 11.9 Å². The molecule has 1 aromatic carbocycles. The van der Waals surface area contributed by atoms with Crippen molar-refractivity contribution in [3.05, 3.63) is 47.8 Å². The van der Waals surface area contributed by atoms with Crippen molar-refractivity contribution in [3.63, 3.8) is 0 Å². The van der Waals surface area contributed by atoms with Crippen molar-refractivity contribution in [1.29, 1.82) is 0 Å². The lowest BCUT2D eigenvalue weighted by molar-refractivity contribution is 0.0411. The van der Waals surface area contributed by atoms with Gasteiger partial charge < -0.3 is 19.9 Å². The number of halogens is 1. The summed E-state index contributed by atoms with van der Waals surface area (Å²) in [6.07, 6.45) is 0.700. The van der Waals surface area contributed by atoms with Gasteiger partial charge in [0.25, 0.3) is 5.91 Å². The number of rotatable bonds is 5. The van der Waals surface area contributed by atoms with E-state index in [0.717, 1.165) is 5.56 Å². The van der Waals surface area contributed by atoms with Gasteiger partial charge in [0, 0.05) is 26.1 Å². The van der Waals surface area contributed by atoms with Crippen LogP contribution in [0.25, 0.3) is 0 Å². The Morgan fingerprint density at radius 1 is 1.20 bits per heavy atom. The van der Waals surface area contributed by atoms with Crippen molar-refractivity contribution in [2.45, 2.75) is 31.7 Å². The van der Waals surface area contributed by atoms with Crippen LogP contribution >= 0.6 is 0 Å². The topological polar surface area (TPSA) is 92.6 Å². The Morgan fingerprint density at radius 3 is 2.73 bits per heavy atom. The normalized spacial score (nSPS) is 21.6. The number of nitrogens with one attached hydrogen (secondary N) is 1. The van der Waals surface area contributed by atoms with Crippen molar-refractivity contribution < 1.29 is 18.7 Å². The third-order valence-electron chi connectivity index (χ3n) is 5.36. The molecule has 30 heavy (non-hydrogen) atoms. The average molecular weight is 416 g/mol. The minimum Gasteiger partial charge on any atom is -0.378 e. The van der Waals surface area contributed by atoms with Crippen molar-refractivity contribution in [1.82, 2.24) is 30.1 Å². The number of ether oxygens (including phenoxy) is 1. The summed E-state index contributed by atoms with van der Waals surface area (Å²) in [6, 6.07) is 9.05. The Balaban J connectivity index is 1.35. The highest BCUT2D eigenvalue weighted by molar-refractivity contribution is 5.91. The number of aromatic nitrogens is 3. The number of alkyl halides is 1. The van der Waals surface area contributed by atoms with Crippen LogP contribution in [-0.4, -0.2) is 81.8 Å². The third-order valence-corrected chi connectivity index (χ3v) is 5.36. The van der Waals surface area contributed by atoms with Crippen molar-refractivity contribution in [3.8, 4) is 0 Å². The van der Waals surface area contributed by atoms with E-state index >= 15 is 0 Å². The Bertz CT molecular complexity index is 870. The quantitative estimate of drug-likeness (QED) is 0.787. The summed E-state index contributed by atoms with van der Waals surface area (Å²) in [7, 11) is 0. The first-order chi connectivity index (χ1) is 14.6. The standard InChI is InChI=1S/C20H25FN6O3/c21-16-10-17(27(12-16)20(29)25-6-8-30-9-7-25)13-26-14-18(23-24-26)19(28)22-11-15-4-2-1-3-5-15/h1-5,14,16-17H,6-13H2,(H,22,28)/t16-,17-/m0/s1. The van der Waals surface area contributed by atoms with Crippen LogP contribution in [0.2, 0.25) is 0 Å². The molecule has 0 spiro atoms. The van der Waals surface area contributed by atoms with Gasteiger partial charge in [-0.1, -0.05) is 35.5 Å². The molecule has 2 saturated heterocycles. The van der Waals surface area contributed by atoms with Gasteiger partial charge in [0.05, 0.1) is 38.5 Å². The Labute approximate surface area is 173 Å². The van der Waals surface area contributed by atoms with Crippen LogP contribution in [0.5, 0.6) is 0 Å². The van der Waals surface area contributed by atoms with E-state index in [4.69, 9.17) is 4.74 Å². The molecular weight excluding hydrogens is 391 g/mol. The van der Waals surface area contributed by atoms with Gasteiger partial charge in [0.15, 0.2) is 5.69 Å². The van der Waals surface area contributed by atoms with Gasteiger partial charge in [-0.15, -0.1) is 5.10 Å². The van der Waals surface area contributed by atoms with Gasteiger partial charge in [-0.3, -0.25) is 4.79 Å². The average Bonchev–Trinajstić information content (AvgIpc) is 3.39. The lowest BCUT2D eigenvalue weighted by Gasteiger charge is -2.33. The van der Waals surface area contributed by atoms with Crippen LogP contribution in [0, 0.1) is 0 Å². The van der Waals surface area contributed by atoms with Gasteiger partial charge in [0.2, 0.25) is 0 Å². The van der Waals surface area contributed by atoms with E-state index in [0.29, 0.717) is 32.8 Å². The molecule has 1 aromatic heterocycles. The second-order valence-electron chi connectivity index (χ2n) is 7.52. The van der Waals surface area contributed by atoms with Crippen molar-refractivity contribution in [2.24, 2.45) is 0 Å². The highest BCUT2D eigenvalue weighted by Gasteiger charge is 2.38. The number of nitrogens with zero attached hydrogens (tertiary/aromatic N) is 5. The van der Waals surface area contributed by atoms with Gasteiger partial charge >= 0.3 is 6.03 Å². The van der Waals surface area contributed by atoms with Crippen LogP contribution < -0.4 is 5.32 Å². The second-order valence-corrected chi connectivity index (χ2v) is 7.52. The minimum atomic E-state index is -1.07. The van der Waals surface area contributed by atoms with E-state index in [1.54, 1.807) is 9.80 Å². The number of likely N-dealkylation sites (tertiary alicyclic amines) is 1. The van der Waals surface area contributed by atoms with E-state index in [2.05, 4.69) is 15.6 Å². The van der Waals surface area contributed by atoms with Crippen molar-refractivity contribution in [2.75, 3.05) is 32.8 Å². The Hall–Kier alpha value is -3.01. The number of carbonyl (C=O) groups is 2. The fourth-order valence-electron chi connectivity index (χ4n) is 3.78. The molecule has 9 nitrogen and oxygen atoms in total. The van der Waals surface area contributed by atoms with Crippen LogP contribution in [0.4, 0.5) is 9.18 Å². The first-order valence-electron chi connectivity index (χ1n) is 10.1. The van der Waals surface area contributed by atoms with E-state index in [1.807, 2.05) is 30.3 Å². The van der Waals surface area contributed by atoms with E-state index in [-0.39, 0.29) is 43.2 Å². The lowest BCUT2D eigenvalue weighted by atomic mass is 10.2. The molecule has 0 radical (unpaired) electrons. The summed E-state index contributed by atoms with van der Waals surface area (Å²) in [6.45, 7) is 2.75. The monoisotopic (exact) mass is 416 g/mol. The lowest BCUT2D eigenvalue weighted by Crippen LogP contribution is -2.50. The smallest absolute Gasteiger partial charge is 0.320 e. The number of amides is 3. The third kappa shape index (κ3) is 4.76. The Morgan fingerprint density at radius 2 is 1.97 bits per heavy atom. The number of benzene rings is 1. The summed E-state index contributed by atoms with van der Waals surface area (Å²) < 4.78 is 20.9. The molecule has 3 heterocycles. The number of carbonyl (C=O) groups excluding carboxylic acids is 2. The van der Waals surface area contributed by atoms with Crippen LogP contribution in [0.15, 0.2) is 36.5 Å². The molecule has 2 aliphatic heterocycles. The van der Waals surface area contributed by atoms with Gasteiger partial charge in [-0.2, -0.15) is 0 Å². The molecule has 10 heteroatoms. The molecule has 0 bridgehead atoms. The number of hydrogen-bond acceptors (Lipinski definition) is 5. The molecule has 3 amide bonds. The molecule has 2 aromatic rings. The minimum absolute atomic E-state index is 0.0694. The summed E-state index contributed by atoms with van der Waals surface area (Å²) in [4.78, 5) is 28.4. The highest BCUT2D eigenvalue weighted by Crippen LogP contribution is 2.23. The second kappa shape index (κ2) is 9.21. The number of urea groups is 1. The molecule has 0 saturated carbocycles. The molecule has 0 unspecified atom stereocenters. The molecule has 2 fully saturated rings. The Kier molecular flexibility index (Phi) is 6.22. The first kappa shape index (κ1) is 20.3. The molecule has 1 N–H and O–H groups in total. The maximum absolute atomic E-state index is 14.1. The first-order valence-corrected chi connectivity index (χ1v) is 10.1. The zero-order valence-electron chi connectivity index (χ0n) is 16.6. The largest absolute Gasteiger partial charge is 0.378 e.